The minimum absolute atomic E-state index is 0.937. The van der Waals surface area contributed by atoms with Crippen LogP contribution in [0.2, 0.25) is 0 Å². The van der Waals surface area contributed by atoms with Crippen LogP contribution in [0.4, 0.5) is 0 Å². The molecule has 4 aromatic heterocycles. The smallest absolute Gasteiger partial charge is 0.153 e. The Hall–Kier alpha value is -6.62. The lowest BCUT2D eigenvalue weighted by Crippen LogP contribution is -1.93. The average molecular weight is 681 g/mol. The monoisotopic (exact) mass is 680 g/mol. The maximum Gasteiger partial charge on any atom is 0.153 e. The van der Waals surface area contributed by atoms with Crippen molar-refractivity contribution in [3.63, 3.8) is 0 Å². The summed E-state index contributed by atoms with van der Waals surface area (Å²) in [6.07, 6.45) is 0. The second-order valence-electron chi connectivity index (χ2n) is 13.7. The molecular weight excluding hydrogens is 653 g/mol. The zero-order chi connectivity index (χ0) is 33.9. The van der Waals surface area contributed by atoms with Gasteiger partial charge in [-0.2, -0.15) is 0 Å². The fraction of sp³-hybridized carbons (Fsp3) is 0. The largest absolute Gasteiger partial charge is 0.455 e. The number of hydrogen-bond acceptors (Lipinski definition) is 2. The molecule has 0 spiro atoms. The molecule has 242 valence electrons. The van der Waals surface area contributed by atoms with Crippen molar-refractivity contribution in [2.75, 3.05) is 0 Å². The summed E-state index contributed by atoms with van der Waals surface area (Å²) in [6, 6.07) is 61.8. The number of benzene rings is 8. The molecule has 0 atom stereocenters. The third-order valence-electron chi connectivity index (χ3n) is 10.9. The van der Waals surface area contributed by atoms with E-state index in [-0.39, 0.29) is 0 Å². The predicted molar refractivity (Wildman–Crippen MR) is 221 cm³/mol. The molecule has 0 amide bonds. The van der Waals surface area contributed by atoms with Crippen molar-refractivity contribution in [3.05, 3.63) is 170 Å². The maximum absolute atomic E-state index is 6.43. The molecule has 4 heterocycles. The third-order valence-corrected chi connectivity index (χ3v) is 12.1. The summed E-state index contributed by atoms with van der Waals surface area (Å²) in [5.41, 5.74) is 11.5. The van der Waals surface area contributed by atoms with E-state index in [0.717, 1.165) is 16.9 Å². The number of aromatic nitrogens is 2. The first-order valence-corrected chi connectivity index (χ1v) is 18.5. The first-order chi connectivity index (χ1) is 25.8. The Morgan fingerprint density at radius 2 is 0.923 bits per heavy atom. The van der Waals surface area contributed by atoms with Crippen LogP contribution < -0.4 is 0 Å². The van der Waals surface area contributed by atoms with Crippen LogP contribution in [0.25, 0.3) is 108 Å². The van der Waals surface area contributed by atoms with Gasteiger partial charge >= 0.3 is 0 Å². The van der Waals surface area contributed by atoms with Crippen LogP contribution in [0, 0.1) is 0 Å². The summed E-state index contributed by atoms with van der Waals surface area (Å²) in [5, 5.41) is 9.87. The molecule has 0 saturated heterocycles. The van der Waals surface area contributed by atoms with Gasteiger partial charge < -0.3 is 13.6 Å². The average Bonchev–Trinajstić information content (AvgIpc) is 3.95. The molecule has 0 aliphatic carbocycles. The third kappa shape index (κ3) is 3.84. The summed E-state index contributed by atoms with van der Waals surface area (Å²) in [5.74, 6) is 0. The summed E-state index contributed by atoms with van der Waals surface area (Å²) in [4.78, 5) is 0. The Kier molecular flexibility index (Phi) is 5.65. The van der Waals surface area contributed by atoms with E-state index >= 15 is 0 Å². The van der Waals surface area contributed by atoms with Crippen molar-refractivity contribution in [2.45, 2.75) is 0 Å². The van der Waals surface area contributed by atoms with E-state index in [9.17, 15) is 0 Å². The van der Waals surface area contributed by atoms with Crippen LogP contribution in [0.5, 0.6) is 0 Å². The lowest BCUT2D eigenvalue weighted by molar-refractivity contribution is 0.673. The van der Waals surface area contributed by atoms with Gasteiger partial charge in [0.15, 0.2) is 5.58 Å². The molecule has 4 heteroatoms. The number of hydrogen-bond donors (Lipinski definition) is 0. The van der Waals surface area contributed by atoms with E-state index in [1.165, 1.54) is 91.4 Å². The maximum atomic E-state index is 6.43. The quantitative estimate of drug-likeness (QED) is 0.182. The molecular formula is C48H28N2OS. The Morgan fingerprint density at radius 3 is 1.63 bits per heavy atom. The highest BCUT2D eigenvalue weighted by Gasteiger charge is 2.18. The number of nitrogens with zero attached hydrogens (tertiary/aromatic N) is 2. The highest BCUT2D eigenvalue weighted by Crippen LogP contribution is 2.43. The highest BCUT2D eigenvalue weighted by molar-refractivity contribution is 7.26. The predicted octanol–water partition coefficient (Wildman–Crippen LogP) is 13.8. The van der Waals surface area contributed by atoms with Gasteiger partial charge in [-0.05, 0) is 83.9 Å². The zero-order valence-electron chi connectivity index (χ0n) is 27.9. The second kappa shape index (κ2) is 10.5. The normalized spacial score (nSPS) is 12.2. The zero-order valence-corrected chi connectivity index (χ0v) is 28.7. The van der Waals surface area contributed by atoms with Gasteiger partial charge in [0.1, 0.15) is 5.58 Å². The van der Waals surface area contributed by atoms with E-state index in [4.69, 9.17) is 4.42 Å². The number of thiophene rings is 1. The van der Waals surface area contributed by atoms with Crippen LogP contribution in [0.3, 0.4) is 0 Å². The summed E-state index contributed by atoms with van der Waals surface area (Å²) in [6.45, 7) is 0. The minimum atomic E-state index is 0.937. The number of furan rings is 1. The topological polar surface area (TPSA) is 23.0 Å². The van der Waals surface area contributed by atoms with Crippen molar-refractivity contribution in [3.8, 4) is 22.5 Å². The van der Waals surface area contributed by atoms with Gasteiger partial charge in [-0.25, -0.2) is 0 Å². The molecule has 3 nitrogen and oxygen atoms in total. The Labute approximate surface area is 301 Å². The number of para-hydroxylation sites is 4. The molecule has 52 heavy (non-hydrogen) atoms. The lowest BCUT2D eigenvalue weighted by Gasteiger charge is -2.09. The van der Waals surface area contributed by atoms with Crippen molar-refractivity contribution in [2.24, 2.45) is 0 Å². The molecule has 0 unspecified atom stereocenters. The van der Waals surface area contributed by atoms with Gasteiger partial charge in [0.25, 0.3) is 0 Å². The van der Waals surface area contributed by atoms with Gasteiger partial charge in [0.05, 0.1) is 26.8 Å². The fourth-order valence-corrected chi connectivity index (χ4v) is 9.80. The lowest BCUT2D eigenvalue weighted by atomic mass is 10.0. The van der Waals surface area contributed by atoms with Crippen molar-refractivity contribution in [1.82, 2.24) is 9.13 Å². The van der Waals surface area contributed by atoms with Crippen LogP contribution in [-0.2, 0) is 0 Å². The van der Waals surface area contributed by atoms with Gasteiger partial charge in [0, 0.05) is 59.2 Å². The Bertz CT molecular complexity index is 3410. The molecule has 0 saturated carbocycles. The van der Waals surface area contributed by atoms with Crippen LogP contribution >= 0.6 is 11.3 Å². The molecule has 0 radical (unpaired) electrons. The van der Waals surface area contributed by atoms with Crippen molar-refractivity contribution in [1.29, 1.82) is 0 Å². The summed E-state index contributed by atoms with van der Waals surface area (Å²) >= 11 is 1.82. The first kappa shape index (κ1) is 28.1. The Morgan fingerprint density at radius 1 is 0.365 bits per heavy atom. The van der Waals surface area contributed by atoms with Gasteiger partial charge in [-0.15, -0.1) is 11.3 Å². The van der Waals surface area contributed by atoms with Gasteiger partial charge in [-0.1, -0.05) is 97.1 Å². The molecule has 0 aliphatic heterocycles. The van der Waals surface area contributed by atoms with Crippen LogP contribution in [0.1, 0.15) is 0 Å². The molecule has 0 N–H and O–H groups in total. The van der Waals surface area contributed by atoms with E-state index in [2.05, 4.69) is 173 Å². The van der Waals surface area contributed by atoms with Crippen molar-refractivity contribution >= 4 is 97.1 Å². The summed E-state index contributed by atoms with van der Waals surface area (Å²) < 4.78 is 13.7. The SMILES string of the molecule is c1ccc(-n2c3ccccc3c3cc(-c4ccc5c(c4)c4ccccc4n5-c4ccc5c(c4)sc4c5ccc5c6ccccc6oc54)ccc32)cc1. The molecule has 12 rings (SSSR count). The van der Waals surface area contributed by atoms with E-state index in [1.54, 1.807) is 0 Å². The van der Waals surface area contributed by atoms with Crippen LogP contribution in [0.15, 0.2) is 174 Å². The van der Waals surface area contributed by atoms with Crippen molar-refractivity contribution < 1.29 is 4.42 Å². The second-order valence-corrected chi connectivity index (χ2v) is 14.8. The van der Waals surface area contributed by atoms with E-state index < -0.39 is 0 Å². The highest BCUT2D eigenvalue weighted by atomic mass is 32.1. The number of rotatable bonds is 3. The minimum Gasteiger partial charge on any atom is -0.455 e. The molecule has 0 fully saturated rings. The fourth-order valence-electron chi connectivity index (χ4n) is 8.58. The molecule has 0 aliphatic rings. The number of fused-ring (bicyclic) bond motifs is 13. The standard InChI is InChI=1S/C48H28N2OS/c1-2-10-31(11-3-1)49-41-15-7-4-12-33(41)39-26-29(18-24-43(39)49)30-19-25-44-40(27-30)34-13-5-8-16-42(34)50(44)32-20-21-36-38-23-22-37-35-14-6-9-17-45(35)51-47(37)48(38)52-46(36)28-32/h1-28H. The van der Waals surface area contributed by atoms with Gasteiger partial charge in [-0.3, -0.25) is 0 Å². The summed E-state index contributed by atoms with van der Waals surface area (Å²) in [7, 11) is 0. The van der Waals surface area contributed by atoms with Crippen LogP contribution in [-0.4, -0.2) is 9.13 Å². The Balaban J connectivity index is 1.03. The van der Waals surface area contributed by atoms with E-state index in [1.807, 2.05) is 17.4 Å². The molecule has 0 bridgehead atoms. The first-order valence-electron chi connectivity index (χ1n) is 17.7. The molecule has 12 aromatic rings. The van der Waals surface area contributed by atoms with E-state index in [0.29, 0.717) is 0 Å². The molecule has 8 aromatic carbocycles. The van der Waals surface area contributed by atoms with Gasteiger partial charge in [0.2, 0.25) is 0 Å².